The highest BCUT2D eigenvalue weighted by Crippen LogP contribution is 2.17. The van der Waals surface area contributed by atoms with Gasteiger partial charge in [-0.1, -0.05) is 37.3 Å². The summed E-state index contributed by atoms with van der Waals surface area (Å²) < 4.78 is 2.10. The first kappa shape index (κ1) is 16.4. The van der Waals surface area contributed by atoms with Gasteiger partial charge in [0, 0.05) is 6.42 Å². The van der Waals surface area contributed by atoms with E-state index in [1.54, 1.807) is 0 Å². The minimum atomic E-state index is 0. The Labute approximate surface area is 136 Å². The van der Waals surface area contributed by atoms with Crippen LogP contribution in [0, 0.1) is 0 Å². The average molecular weight is 318 g/mol. The third-order valence-corrected chi connectivity index (χ3v) is 3.48. The number of hydrogen-bond donors (Lipinski definition) is 1. The molecule has 3 rings (SSSR count). The number of aryl methyl sites for hydroxylation is 1. The highest BCUT2D eigenvalue weighted by molar-refractivity contribution is 5.78. The number of halogens is 1. The van der Waals surface area contributed by atoms with Gasteiger partial charge in [-0.05, 0) is 12.0 Å². The summed E-state index contributed by atoms with van der Waals surface area (Å²) in [5.41, 5.74) is 3.05. The second kappa shape index (κ2) is 7.33. The topological polar surface area (TPSA) is 60.2 Å². The van der Waals surface area contributed by atoms with Gasteiger partial charge in [-0.25, -0.2) is 9.97 Å². The van der Waals surface area contributed by atoms with Crippen LogP contribution in [0.3, 0.4) is 0 Å². The van der Waals surface area contributed by atoms with Gasteiger partial charge < -0.3 is 17.0 Å². The van der Waals surface area contributed by atoms with E-state index in [-0.39, 0.29) is 12.4 Å². The van der Waals surface area contributed by atoms with E-state index in [4.69, 9.17) is 4.98 Å². The lowest BCUT2D eigenvalue weighted by Gasteiger charge is -2.05. The van der Waals surface area contributed by atoms with Gasteiger partial charge in [0.25, 0.3) is 5.82 Å². The fourth-order valence-corrected chi connectivity index (χ4v) is 2.45. The van der Waals surface area contributed by atoms with Gasteiger partial charge in [-0.3, -0.25) is 5.32 Å². The predicted octanol–water partition coefficient (Wildman–Crippen LogP) is -1.34. The van der Waals surface area contributed by atoms with Gasteiger partial charge in [0.05, 0.1) is 19.9 Å². The first-order valence-electron chi connectivity index (χ1n) is 7.37. The fourth-order valence-electron chi connectivity index (χ4n) is 2.45. The summed E-state index contributed by atoms with van der Waals surface area (Å²) in [5, 5.41) is 2.00. The first-order chi connectivity index (χ1) is 10.3. The maximum atomic E-state index is 4.70. The lowest BCUT2D eigenvalue weighted by molar-refractivity contribution is -0.542. The Balaban J connectivity index is 0.00000176. The molecule has 22 heavy (non-hydrogen) atoms. The monoisotopic (exact) mass is 317 g/mol. The van der Waals surface area contributed by atoms with Crippen molar-refractivity contribution >= 4 is 17.0 Å². The number of quaternary nitrogens is 1. The normalized spacial score (nSPS) is 10.6. The van der Waals surface area contributed by atoms with Crippen LogP contribution in [0.5, 0.6) is 0 Å². The zero-order valence-corrected chi connectivity index (χ0v) is 13.6. The van der Waals surface area contributed by atoms with E-state index >= 15 is 0 Å². The van der Waals surface area contributed by atoms with E-state index in [9.17, 15) is 0 Å². The van der Waals surface area contributed by atoms with Crippen molar-refractivity contribution in [2.24, 2.45) is 0 Å². The molecule has 0 unspecified atom stereocenters. The molecule has 116 valence electrons. The molecule has 0 aliphatic carbocycles. The van der Waals surface area contributed by atoms with Gasteiger partial charge in [0.1, 0.15) is 5.82 Å². The molecule has 5 nitrogen and oxygen atoms in total. The fraction of sp³-hybridized carbons (Fsp3) is 0.312. The molecule has 0 spiro atoms. The molecule has 6 heteroatoms. The SMILES string of the molecule is CCCc1nc([NH2+]C)c2ncn(Cc3ccccc3)c2n1.[Cl-]. The van der Waals surface area contributed by atoms with Gasteiger partial charge in [-0.2, -0.15) is 4.98 Å². The number of nitrogens with two attached hydrogens (primary N) is 1. The summed E-state index contributed by atoms with van der Waals surface area (Å²) in [6, 6.07) is 10.4. The Hall–Kier alpha value is -1.98. The van der Waals surface area contributed by atoms with Crippen LogP contribution in [-0.4, -0.2) is 26.6 Å². The second-order valence-corrected chi connectivity index (χ2v) is 5.09. The quantitative estimate of drug-likeness (QED) is 0.633. The minimum Gasteiger partial charge on any atom is -1.00 e. The van der Waals surface area contributed by atoms with Crippen molar-refractivity contribution in [1.29, 1.82) is 0 Å². The summed E-state index contributed by atoms with van der Waals surface area (Å²) in [7, 11) is 1.99. The van der Waals surface area contributed by atoms with Crippen molar-refractivity contribution < 1.29 is 17.7 Å². The van der Waals surface area contributed by atoms with E-state index < -0.39 is 0 Å². The lowest BCUT2D eigenvalue weighted by Crippen LogP contribution is -3.00. The Morgan fingerprint density at radius 3 is 2.59 bits per heavy atom. The van der Waals surface area contributed by atoms with Crippen molar-refractivity contribution in [2.75, 3.05) is 7.05 Å². The first-order valence-corrected chi connectivity index (χ1v) is 7.37. The third kappa shape index (κ3) is 3.26. The summed E-state index contributed by atoms with van der Waals surface area (Å²) in [6.45, 7) is 2.92. The van der Waals surface area contributed by atoms with Crippen LogP contribution in [-0.2, 0) is 13.0 Å². The van der Waals surface area contributed by atoms with E-state index in [1.807, 2.05) is 24.8 Å². The third-order valence-electron chi connectivity index (χ3n) is 3.48. The van der Waals surface area contributed by atoms with E-state index in [2.05, 4.69) is 45.7 Å². The Kier molecular flexibility index (Phi) is 5.46. The minimum absolute atomic E-state index is 0. The number of rotatable bonds is 5. The molecular weight excluding hydrogens is 298 g/mol. The number of aromatic nitrogens is 4. The molecule has 2 N–H and O–H groups in total. The Morgan fingerprint density at radius 1 is 1.14 bits per heavy atom. The van der Waals surface area contributed by atoms with Crippen LogP contribution >= 0.6 is 0 Å². The predicted molar refractivity (Wildman–Crippen MR) is 82.4 cm³/mol. The van der Waals surface area contributed by atoms with Gasteiger partial charge >= 0.3 is 0 Å². The van der Waals surface area contributed by atoms with Crippen molar-refractivity contribution in [2.45, 2.75) is 26.3 Å². The maximum Gasteiger partial charge on any atom is 0.256 e. The molecule has 0 bridgehead atoms. The number of hydrogen-bond acceptors (Lipinski definition) is 3. The van der Waals surface area contributed by atoms with E-state index in [0.29, 0.717) is 0 Å². The molecule has 0 aliphatic rings. The smallest absolute Gasteiger partial charge is 0.256 e. The van der Waals surface area contributed by atoms with Crippen LogP contribution in [0.4, 0.5) is 5.82 Å². The van der Waals surface area contributed by atoms with Crippen molar-refractivity contribution in [3.63, 3.8) is 0 Å². The molecule has 0 saturated heterocycles. The van der Waals surface area contributed by atoms with Gasteiger partial charge in [-0.15, -0.1) is 0 Å². The van der Waals surface area contributed by atoms with E-state index in [0.717, 1.165) is 42.2 Å². The summed E-state index contributed by atoms with van der Waals surface area (Å²) >= 11 is 0. The molecule has 0 aliphatic heterocycles. The molecule has 0 saturated carbocycles. The average Bonchev–Trinajstić information content (AvgIpc) is 2.91. The standard InChI is InChI=1S/C16H19N5.ClH/c1-3-7-13-19-15(17-2)14-16(20-13)21(11-18-14)10-12-8-5-4-6-9-12;/h4-6,8-9,11H,3,7,10H2,1-2H3,(H,17,19,20);1H. The summed E-state index contributed by atoms with van der Waals surface area (Å²) in [4.78, 5) is 13.8. The lowest BCUT2D eigenvalue weighted by atomic mass is 10.2. The molecule has 2 aromatic heterocycles. The van der Waals surface area contributed by atoms with Crippen LogP contribution in [0.1, 0.15) is 24.7 Å². The maximum absolute atomic E-state index is 4.70. The molecule has 0 fully saturated rings. The molecule has 0 amide bonds. The van der Waals surface area contributed by atoms with Crippen molar-refractivity contribution in [3.8, 4) is 0 Å². The number of nitrogens with zero attached hydrogens (tertiary/aromatic N) is 4. The molecule has 0 radical (unpaired) electrons. The summed E-state index contributed by atoms with van der Waals surface area (Å²) in [5.74, 6) is 1.82. The van der Waals surface area contributed by atoms with Crippen molar-refractivity contribution in [1.82, 2.24) is 19.5 Å². The molecule has 2 heterocycles. The second-order valence-electron chi connectivity index (χ2n) is 5.09. The van der Waals surface area contributed by atoms with Gasteiger partial charge in [0.2, 0.25) is 0 Å². The molecule has 3 aromatic rings. The number of benzene rings is 1. The highest BCUT2D eigenvalue weighted by atomic mass is 35.5. The van der Waals surface area contributed by atoms with Crippen LogP contribution in [0.15, 0.2) is 36.7 Å². The molecule has 0 atom stereocenters. The Bertz CT molecular complexity index is 739. The zero-order valence-electron chi connectivity index (χ0n) is 12.8. The number of imidazole rings is 1. The van der Waals surface area contributed by atoms with Crippen molar-refractivity contribution in [3.05, 3.63) is 48.0 Å². The van der Waals surface area contributed by atoms with Crippen LogP contribution < -0.4 is 17.7 Å². The van der Waals surface area contributed by atoms with E-state index in [1.165, 1.54) is 5.56 Å². The largest absolute Gasteiger partial charge is 1.00 e. The molecule has 1 aromatic carbocycles. The Morgan fingerprint density at radius 2 is 1.91 bits per heavy atom. The number of fused-ring (bicyclic) bond motifs is 1. The molecular formula is C16H20ClN5. The summed E-state index contributed by atoms with van der Waals surface area (Å²) in [6.07, 6.45) is 3.80. The van der Waals surface area contributed by atoms with Crippen LogP contribution in [0.25, 0.3) is 11.2 Å². The highest BCUT2D eigenvalue weighted by Gasteiger charge is 2.14. The van der Waals surface area contributed by atoms with Crippen LogP contribution in [0.2, 0.25) is 0 Å². The zero-order chi connectivity index (χ0) is 14.7. The van der Waals surface area contributed by atoms with Gasteiger partial charge in [0.15, 0.2) is 11.2 Å².